The van der Waals surface area contributed by atoms with Crippen LogP contribution in [0.4, 0.5) is 0 Å². The minimum absolute atomic E-state index is 0.0532. The largest absolute Gasteiger partial charge is 0.481 e. The molecule has 1 aliphatic carbocycles. The van der Waals surface area contributed by atoms with E-state index < -0.39 is 41.8 Å². The molecule has 1 heterocycles. The van der Waals surface area contributed by atoms with Crippen molar-refractivity contribution in [3.63, 3.8) is 0 Å². The number of amides is 1. The molecule has 2 aliphatic rings. The lowest BCUT2D eigenvalue weighted by molar-refractivity contribution is -0.153. The van der Waals surface area contributed by atoms with E-state index in [1.165, 1.54) is 0 Å². The number of carboxylic acid groups (broad SMARTS) is 1. The molecule has 2 aromatic carbocycles. The van der Waals surface area contributed by atoms with E-state index in [0.717, 1.165) is 11.1 Å². The molecule has 2 unspecified atom stereocenters. The predicted octanol–water partition coefficient (Wildman–Crippen LogP) is 2.44. The van der Waals surface area contributed by atoms with Crippen LogP contribution in [0.1, 0.15) is 17.5 Å². The van der Waals surface area contributed by atoms with Crippen molar-refractivity contribution in [2.75, 3.05) is 6.54 Å². The lowest BCUT2D eigenvalue weighted by atomic mass is 9.97. The Morgan fingerprint density at radius 3 is 2.18 bits per heavy atom. The smallest absolute Gasteiger partial charge is 0.331 e. The molecule has 3 atom stereocenters. The van der Waals surface area contributed by atoms with E-state index in [-0.39, 0.29) is 31.8 Å². The number of ether oxygens (including phenoxy) is 2. The molecule has 1 amide bonds. The van der Waals surface area contributed by atoms with Gasteiger partial charge in [0, 0.05) is 6.54 Å². The molecule has 0 spiro atoms. The molecular weight excluding hydrogens is 488 g/mol. The Morgan fingerprint density at radius 1 is 0.921 bits per heavy atom. The molecular formula is C29H28N2O7. The SMILES string of the molecule is O=C(O)CCNC(=O)[C@H](Cc1ccccc1)NC(Cc1ccccc1)C(=O)OC1=C2C=CC=CC2C(=O)O1. The van der Waals surface area contributed by atoms with E-state index in [2.05, 4.69) is 10.6 Å². The first-order chi connectivity index (χ1) is 18.4. The van der Waals surface area contributed by atoms with E-state index in [0.29, 0.717) is 5.57 Å². The van der Waals surface area contributed by atoms with Gasteiger partial charge in [0.2, 0.25) is 5.91 Å². The predicted molar refractivity (Wildman–Crippen MR) is 137 cm³/mol. The van der Waals surface area contributed by atoms with Gasteiger partial charge < -0.3 is 19.9 Å². The number of carboxylic acids is 1. The van der Waals surface area contributed by atoms with Crippen molar-refractivity contribution >= 4 is 23.8 Å². The fraction of sp³-hybridized carbons (Fsp3) is 0.241. The summed E-state index contributed by atoms with van der Waals surface area (Å²) in [5.74, 6) is -3.53. The molecule has 0 aromatic heterocycles. The van der Waals surface area contributed by atoms with E-state index in [9.17, 15) is 19.2 Å². The Kier molecular flexibility index (Phi) is 8.84. The molecule has 0 saturated carbocycles. The number of carbonyl (C=O) groups is 4. The van der Waals surface area contributed by atoms with E-state index in [1.54, 1.807) is 24.3 Å². The van der Waals surface area contributed by atoms with Gasteiger partial charge in [-0.05, 0) is 24.0 Å². The van der Waals surface area contributed by atoms with Crippen LogP contribution in [0.3, 0.4) is 0 Å². The maximum absolute atomic E-state index is 13.4. The van der Waals surface area contributed by atoms with Crippen LogP contribution in [-0.2, 0) is 41.5 Å². The summed E-state index contributed by atoms with van der Waals surface area (Å²) in [4.78, 5) is 49.7. The molecule has 38 heavy (non-hydrogen) atoms. The van der Waals surface area contributed by atoms with Crippen molar-refractivity contribution in [1.29, 1.82) is 0 Å². The Labute approximate surface area is 219 Å². The maximum Gasteiger partial charge on any atom is 0.331 e. The highest BCUT2D eigenvalue weighted by atomic mass is 16.7. The van der Waals surface area contributed by atoms with Crippen LogP contribution in [0.15, 0.2) is 96.5 Å². The van der Waals surface area contributed by atoms with Gasteiger partial charge in [-0.25, -0.2) is 4.79 Å². The van der Waals surface area contributed by atoms with Crippen LogP contribution in [-0.4, -0.2) is 47.6 Å². The second-order valence-electron chi connectivity index (χ2n) is 8.89. The quantitative estimate of drug-likeness (QED) is 0.367. The average Bonchev–Trinajstić information content (AvgIpc) is 3.23. The van der Waals surface area contributed by atoms with Crippen molar-refractivity contribution < 1.29 is 33.8 Å². The third-order valence-electron chi connectivity index (χ3n) is 6.11. The number of rotatable bonds is 12. The van der Waals surface area contributed by atoms with Crippen molar-refractivity contribution in [2.45, 2.75) is 31.3 Å². The number of nitrogens with one attached hydrogen (secondary N) is 2. The van der Waals surface area contributed by atoms with Gasteiger partial charge in [-0.2, -0.15) is 0 Å². The minimum atomic E-state index is -1.03. The second-order valence-corrected chi connectivity index (χ2v) is 8.89. The lowest BCUT2D eigenvalue weighted by Crippen LogP contribution is -2.53. The molecule has 9 heteroatoms. The summed E-state index contributed by atoms with van der Waals surface area (Å²) >= 11 is 0. The summed E-state index contributed by atoms with van der Waals surface area (Å²) in [6.07, 6.45) is 6.97. The third kappa shape index (κ3) is 7.04. The highest BCUT2D eigenvalue weighted by molar-refractivity contribution is 5.86. The molecule has 0 bridgehead atoms. The van der Waals surface area contributed by atoms with Gasteiger partial charge in [-0.1, -0.05) is 85.0 Å². The maximum atomic E-state index is 13.4. The fourth-order valence-corrected chi connectivity index (χ4v) is 4.19. The summed E-state index contributed by atoms with van der Waals surface area (Å²) in [6, 6.07) is 16.6. The number of cyclic esters (lactones) is 1. The van der Waals surface area contributed by atoms with Crippen LogP contribution in [0, 0.1) is 5.92 Å². The summed E-state index contributed by atoms with van der Waals surface area (Å²) in [5, 5.41) is 14.7. The Morgan fingerprint density at radius 2 is 1.55 bits per heavy atom. The van der Waals surface area contributed by atoms with Gasteiger partial charge in [0.25, 0.3) is 5.95 Å². The number of carbonyl (C=O) groups excluding carboxylic acids is 3. The number of hydrogen-bond acceptors (Lipinski definition) is 7. The van der Waals surface area contributed by atoms with E-state index >= 15 is 0 Å². The van der Waals surface area contributed by atoms with Crippen LogP contribution < -0.4 is 10.6 Å². The number of benzene rings is 2. The summed E-state index contributed by atoms with van der Waals surface area (Å²) in [7, 11) is 0. The van der Waals surface area contributed by atoms with Gasteiger partial charge in [-0.3, -0.25) is 19.7 Å². The van der Waals surface area contributed by atoms with E-state index in [4.69, 9.17) is 14.6 Å². The normalized spacial score (nSPS) is 17.4. The van der Waals surface area contributed by atoms with Gasteiger partial charge in [-0.15, -0.1) is 0 Å². The minimum Gasteiger partial charge on any atom is -0.481 e. The lowest BCUT2D eigenvalue weighted by Gasteiger charge is -2.24. The molecule has 196 valence electrons. The van der Waals surface area contributed by atoms with Crippen molar-refractivity contribution in [3.8, 4) is 0 Å². The zero-order valence-electron chi connectivity index (χ0n) is 20.5. The molecule has 4 rings (SSSR count). The number of aliphatic carboxylic acids is 1. The standard InChI is InChI=1S/C29H28N2O7/c32-25(33)15-16-30-26(34)23(17-19-9-3-1-4-10-19)31-24(18-20-11-5-2-6-12-20)28(36)38-29-22-14-8-7-13-21(22)27(35)37-29/h1-14,21,23-24,31H,15-18H2,(H,30,34)(H,32,33)/t21?,23-,24?/m0/s1. The Balaban J connectivity index is 1.56. The number of hydrogen-bond donors (Lipinski definition) is 3. The van der Waals surface area contributed by atoms with Gasteiger partial charge in [0.1, 0.15) is 12.0 Å². The molecule has 3 N–H and O–H groups in total. The molecule has 1 aliphatic heterocycles. The van der Waals surface area contributed by atoms with Crippen LogP contribution in [0.25, 0.3) is 0 Å². The molecule has 0 fully saturated rings. The van der Waals surface area contributed by atoms with Crippen LogP contribution in [0.2, 0.25) is 0 Å². The summed E-state index contributed by atoms with van der Waals surface area (Å²) in [5.41, 5.74) is 2.13. The van der Waals surface area contributed by atoms with Crippen molar-refractivity contribution in [3.05, 3.63) is 108 Å². The molecule has 0 saturated heterocycles. The van der Waals surface area contributed by atoms with Crippen molar-refractivity contribution in [2.24, 2.45) is 5.92 Å². The Bertz CT molecular complexity index is 1270. The van der Waals surface area contributed by atoms with Crippen LogP contribution in [0.5, 0.6) is 0 Å². The topological polar surface area (TPSA) is 131 Å². The van der Waals surface area contributed by atoms with E-state index in [1.807, 2.05) is 60.7 Å². The first-order valence-electron chi connectivity index (χ1n) is 12.3. The average molecular weight is 517 g/mol. The number of allylic oxidation sites excluding steroid dienone is 3. The second kappa shape index (κ2) is 12.6. The first-order valence-corrected chi connectivity index (χ1v) is 12.3. The van der Waals surface area contributed by atoms with Crippen molar-refractivity contribution in [1.82, 2.24) is 10.6 Å². The number of fused-ring (bicyclic) bond motifs is 1. The monoisotopic (exact) mass is 516 g/mol. The number of esters is 2. The Hall–Kier alpha value is -4.50. The highest BCUT2D eigenvalue weighted by Gasteiger charge is 2.37. The summed E-state index contributed by atoms with van der Waals surface area (Å²) < 4.78 is 10.8. The van der Waals surface area contributed by atoms with Gasteiger partial charge in [0.05, 0.1) is 18.0 Å². The molecule has 0 radical (unpaired) electrons. The van der Waals surface area contributed by atoms with Crippen LogP contribution >= 0.6 is 0 Å². The zero-order valence-corrected chi connectivity index (χ0v) is 20.5. The van der Waals surface area contributed by atoms with Gasteiger partial charge >= 0.3 is 17.9 Å². The van der Waals surface area contributed by atoms with Gasteiger partial charge in [0.15, 0.2) is 0 Å². The first kappa shape index (κ1) is 26.6. The highest BCUT2D eigenvalue weighted by Crippen LogP contribution is 2.32. The summed E-state index contributed by atoms with van der Waals surface area (Å²) in [6.45, 7) is -0.0532. The molecule has 2 aromatic rings. The zero-order chi connectivity index (χ0) is 26.9. The fourth-order valence-electron chi connectivity index (χ4n) is 4.19. The third-order valence-corrected chi connectivity index (χ3v) is 6.11. The molecule has 9 nitrogen and oxygen atoms in total.